The van der Waals surface area contributed by atoms with Crippen molar-refractivity contribution in [3.8, 4) is 0 Å². The normalized spacial score (nSPS) is 15.6. The highest BCUT2D eigenvalue weighted by molar-refractivity contribution is 7.15. The minimum atomic E-state index is -0.576. The maximum atomic E-state index is 12.8. The average Bonchev–Trinajstić information content (AvgIpc) is 3.46. The predicted octanol–water partition coefficient (Wildman–Crippen LogP) is 5.78. The van der Waals surface area contributed by atoms with E-state index < -0.39 is 12.1 Å². The van der Waals surface area contributed by atoms with Crippen LogP contribution in [-0.4, -0.2) is 34.5 Å². The molecule has 32 heavy (non-hydrogen) atoms. The molecule has 4 rings (SSSR count). The van der Waals surface area contributed by atoms with E-state index in [-0.39, 0.29) is 12.5 Å². The SMILES string of the molecule is O=C(Nc1ncc(Cc2cccc(Cl)c2Cl)s1)[C@H]1CCCN1C(=O)OCc1ccccc1. The van der Waals surface area contributed by atoms with E-state index in [1.165, 1.54) is 16.2 Å². The van der Waals surface area contributed by atoms with Gasteiger partial charge in [0.05, 0.1) is 10.0 Å². The lowest BCUT2D eigenvalue weighted by atomic mass is 10.1. The van der Waals surface area contributed by atoms with E-state index in [0.717, 1.165) is 22.4 Å². The molecule has 1 aliphatic heterocycles. The van der Waals surface area contributed by atoms with Gasteiger partial charge in [-0.1, -0.05) is 65.7 Å². The van der Waals surface area contributed by atoms with Crippen molar-refractivity contribution in [1.29, 1.82) is 0 Å². The molecule has 0 bridgehead atoms. The highest BCUT2D eigenvalue weighted by Crippen LogP contribution is 2.30. The van der Waals surface area contributed by atoms with Crippen LogP contribution in [0.25, 0.3) is 0 Å². The van der Waals surface area contributed by atoms with Crippen LogP contribution in [0.2, 0.25) is 10.0 Å². The first-order valence-corrected chi connectivity index (χ1v) is 11.7. The minimum absolute atomic E-state index is 0.173. The Morgan fingerprint density at radius 2 is 1.97 bits per heavy atom. The van der Waals surface area contributed by atoms with Crippen LogP contribution < -0.4 is 5.32 Å². The van der Waals surface area contributed by atoms with Crippen molar-refractivity contribution in [2.24, 2.45) is 0 Å². The maximum absolute atomic E-state index is 12.8. The van der Waals surface area contributed by atoms with Crippen LogP contribution in [0.5, 0.6) is 0 Å². The lowest BCUT2D eigenvalue weighted by molar-refractivity contribution is -0.120. The van der Waals surface area contributed by atoms with Crippen molar-refractivity contribution in [1.82, 2.24) is 9.88 Å². The number of aromatic nitrogens is 1. The van der Waals surface area contributed by atoms with Gasteiger partial charge in [-0.3, -0.25) is 9.69 Å². The second kappa shape index (κ2) is 10.3. The standard InChI is InChI=1S/C23H21Cl2N3O3S/c24-18-9-4-8-16(20(18)25)12-17-13-26-22(32-17)27-21(29)19-10-5-11-28(19)23(30)31-14-15-6-2-1-3-7-15/h1-4,6-9,13,19H,5,10-12,14H2,(H,26,27,29)/t19-/m1/s1. The molecule has 1 aliphatic rings. The number of benzene rings is 2. The molecule has 2 heterocycles. The third-order valence-electron chi connectivity index (χ3n) is 5.18. The lowest BCUT2D eigenvalue weighted by Gasteiger charge is -2.22. The zero-order valence-corrected chi connectivity index (χ0v) is 19.4. The number of rotatable bonds is 6. The van der Waals surface area contributed by atoms with E-state index in [0.29, 0.717) is 34.6 Å². The summed E-state index contributed by atoms with van der Waals surface area (Å²) in [5.74, 6) is -0.263. The first kappa shape index (κ1) is 22.6. The van der Waals surface area contributed by atoms with Gasteiger partial charge in [-0.05, 0) is 30.0 Å². The third kappa shape index (κ3) is 5.41. The van der Waals surface area contributed by atoms with E-state index in [1.54, 1.807) is 12.3 Å². The highest BCUT2D eigenvalue weighted by Gasteiger charge is 2.35. The molecule has 1 saturated heterocycles. The number of hydrogen-bond donors (Lipinski definition) is 1. The van der Waals surface area contributed by atoms with Gasteiger partial charge in [0.1, 0.15) is 12.6 Å². The summed E-state index contributed by atoms with van der Waals surface area (Å²) in [6.07, 6.45) is 3.12. The van der Waals surface area contributed by atoms with Gasteiger partial charge in [0.25, 0.3) is 0 Å². The highest BCUT2D eigenvalue weighted by atomic mass is 35.5. The number of nitrogens with zero attached hydrogens (tertiary/aromatic N) is 2. The molecule has 0 unspecified atom stereocenters. The monoisotopic (exact) mass is 489 g/mol. The zero-order valence-electron chi connectivity index (χ0n) is 17.1. The third-order valence-corrected chi connectivity index (χ3v) is 6.95. The molecule has 9 heteroatoms. The number of thiazole rings is 1. The molecule has 2 amide bonds. The Labute approximate surface area is 200 Å². The Morgan fingerprint density at radius 1 is 1.16 bits per heavy atom. The van der Waals surface area contributed by atoms with Crippen molar-refractivity contribution < 1.29 is 14.3 Å². The summed E-state index contributed by atoms with van der Waals surface area (Å²) in [7, 11) is 0. The molecule has 1 fully saturated rings. The number of anilines is 1. The van der Waals surface area contributed by atoms with Gasteiger partial charge in [0.15, 0.2) is 5.13 Å². The summed E-state index contributed by atoms with van der Waals surface area (Å²) in [4.78, 5) is 32.1. The lowest BCUT2D eigenvalue weighted by Crippen LogP contribution is -2.43. The molecular formula is C23H21Cl2N3O3S. The van der Waals surface area contributed by atoms with Gasteiger partial charge in [0.2, 0.25) is 5.91 Å². The summed E-state index contributed by atoms with van der Waals surface area (Å²) in [6, 6.07) is 14.4. The van der Waals surface area contributed by atoms with Crippen LogP contribution in [0.4, 0.5) is 9.93 Å². The first-order chi connectivity index (χ1) is 15.5. The number of ether oxygens (including phenoxy) is 1. The van der Waals surface area contributed by atoms with Crippen molar-refractivity contribution in [2.75, 3.05) is 11.9 Å². The molecule has 6 nitrogen and oxygen atoms in total. The average molecular weight is 490 g/mol. The summed E-state index contributed by atoms with van der Waals surface area (Å²) in [6.45, 7) is 0.661. The summed E-state index contributed by atoms with van der Waals surface area (Å²) >= 11 is 13.7. The number of halogens is 2. The smallest absolute Gasteiger partial charge is 0.410 e. The first-order valence-electron chi connectivity index (χ1n) is 10.2. The van der Waals surface area contributed by atoms with Crippen LogP contribution in [-0.2, 0) is 22.6 Å². The number of carbonyl (C=O) groups excluding carboxylic acids is 2. The molecule has 166 valence electrons. The Hall–Kier alpha value is -2.61. The Bertz CT molecular complexity index is 1110. The fraction of sp³-hybridized carbons (Fsp3) is 0.261. The van der Waals surface area contributed by atoms with Crippen molar-refractivity contribution in [2.45, 2.75) is 31.9 Å². The van der Waals surface area contributed by atoms with Crippen molar-refractivity contribution in [3.63, 3.8) is 0 Å². The van der Waals surface area contributed by atoms with Gasteiger partial charge in [-0.15, -0.1) is 11.3 Å². The molecule has 0 aliphatic carbocycles. The molecule has 0 radical (unpaired) electrons. The van der Waals surface area contributed by atoms with Crippen LogP contribution in [0.1, 0.15) is 28.8 Å². The second-order valence-electron chi connectivity index (χ2n) is 7.40. The van der Waals surface area contributed by atoms with Crippen LogP contribution >= 0.6 is 34.5 Å². The summed E-state index contributed by atoms with van der Waals surface area (Å²) in [5, 5.41) is 4.33. The van der Waals surface area contributed by atoms with Gasteiger partial charge in [0, 0.05) is 24.0 Å². The number of amides is 2. The van der Waals surface area contributed by atoms with Crippen molar-refractivity contribution >= 4 is 51.7 Å². The van der Waals surface area contributed by atoms with Gasteiger partial charge < -0.3 is 10.1 Å². The molecule has 1 atom stereocenters. The second-order valence-corrected chi connectivity index (χ2v) is 9.30. The Balaban J connectivity index is 1.35. The molecule has 1 N–H and O–H groups in total. The van der Waals surface area contributed by atoms with E-state index in [1.807, 2.05) is 42.5 Å². The van der Waals surface area contributed by atoms with E-state index in [4.69, 9.17) is 27.9 Å². The number of likely N-dealkylation sites (tertiary alicyclic amines) is 1. The zero-order chi connectivity index (χ0) is 22.5. The quantitative estimate of drug-likeness (QED) is 0.476. The molecule has 0 spiro atoms. The number of carbonyl (C=O) groups is 2. The van der Waals surface area contributed by atoms with Gasteiger partial charge in [-0.2, -0.15) is 0 Å². The van der Waals surface area contributed by atoms with Crippen LogP contribution in [0.15, 0.2) is 54.7 Å². The molecular weight excluding hydrogens is 469 g/mol. The Kier molecular flexibility index (Phi) is 7.29. The topological polar surface area (TPSA) is 71.5 Å². The molecule has 3 aromatic rings. The van der Waals surface area contributed by atoms with Gasteiger partial charge in [-0.25, -0.2) is 9.78 Å². The van der Waals surface area contributed by atoms with E-state index in [2.05, 4.69) is 10.3 Å². The van der Waals surface area contributed by atoms with E-state index >= 15 is 0 Å². The summed E-state index contributed by atoms with van der Waals surface area (Å²) < 4.78 is 5.40. The van der Waals surface area contributed by atoms with Crippen LogP contribution in [0, 0.1) is 0 Å². The minimum Gasteiger partial charge on any atom is -0.445 e. The van der Waals surface area contributed by atoms with Crippen LogP contribution in [0.3, 0.4) is 0 Å². The van der Waals surface area contributed by atoms with Crippen molar-refractivity contribution in [3.05, 3.63) is 80.8 Å². The molecule has 2 aromatic carbocycles. The predicted molar refractivity (Wildman–Crippen MR) is 126 cm³/mol. The fourth-order valence-corrected chi connectivity index (χ4v) is 4.79. The molecule has 1 aromatic heterocycles. The fourth-order valence-electron chi connectivity index (χ4n) is 3.57. The number of hydrogen-bond acceptors (Lipinski definition) is 5. The molecule has 0 saturated carbocycles. The maximum Gasteiger partial charge on any atom is 0.410 e. The summed E-state index contributed by atoms with van der Waals surface area (Å²) in [5.41, 5.74) is 1.79. The van der Waals surface area contributed by atoms with E-state index in [9.17, 15) is 9.59 Å². The Morgan fingerprint density at radius 3 is 2.78 bits per heavy atom. The number of nitrogens with one attached hydrogen (secondary N) is 1. The largest absolute Gasteiger partial charge is 0.445 e. The van der Waals surface area contributed by atoms with Gasteiger partial charge >= 0.3 is 6.09 Å².